The van der Waals surface area contributed by atoms with Gasteiger partial charge in [-0.2, -0.15) is 0 Å². The van der Waals surface area contributed by atoms with Crippen molar-refractivity contribution < 1.29 is 58.4 Å². The molecule has 0 aliphatic carbocycles. The van der Waals surface area contributed by atoms with E-state index in [1.54, 1.807) is 0 Å². The minimum absolute atomic E-state index is 0. The zero-order chi connectivity index (χ0) is 16.0. The van der Waals surface area contributed by atoms with Crippen molar-refractivity contribution in [2.45, 2.75) is 32.5 Å². The van der Waals surface area contributed by atoms with E-state index in [1.807, 2.05) is 0 Å². The second-order valence-electron chi connectivity index (χ2n) is 4.13. The fourth-order valence-corrected chi connectivity index (χ4v) is 0. The zero-order valence-electron chi connectivity index (χ0n) is 15.1. The van der Waals surface area contributed by atoms with Crippen LogP contribution in [-0.4, -0.2) is 8.07 Å². The van der Waals surface area contributed by atoms with Gasteiger partial charge in [0.2, 0.25) is 0 Å². The van der Waals surface area contributed by atoms with Crippen LogP contribution in [0.4, 0.5) is 0 Å². The Morgan fingerprint density at radius 1 is 0.714 bits per heavy atom. The molecule has 0 bridgehead atoms. The van der Waals surface area contributed by atoms with Crippen LogP contribution in [0.3, 0.4) is 0 Å². The summed E-state index contributed by atoms with van der Waals surface area (Å²) in [5.41, 5.74) is 0. The summed E-state index contributed by atoms with van der Waals surface area (Å²) in [6, 6.07) is 0. The molecule has 0 amide bonds. The maximum atomic E-state index is 3.91. The molecule has 0 fully saturated rings. The maximum absolute atomic E-state index is 3.91. The predicted octanol–water partition coefficient (Wildman–Crippen LogP) is 6.14. The first-order chi connectivity index (χ1) is 8.16. The molecule has 0 spiro atoms. The molecular weight excluding hydrogens is 428 g/mol. The number of hydrogen-bond acceptors (Lipinski definition) is 0. The number of unbranched alkanes of at least 4 members (excludes halogenated alkanes) is 1. The monoisotopic (exact) mass is 458 g/mol. The van der Waals surface area contributed by atoms with Crippen molar-refractivity contribution in [3.05, 3.63) is 79.1 Å². The van der Waals surface area contributed by atoms with Gasteiger partial charge in [0.15, 0.2) is 0 Å². The number of hydrogen-bond donors (Lipinski definition) is 0. The minimum Gasteiger partial charge on any atom is -0.346 e. The second kappa shape index (κ2) is 58.4. The molecule has 0 aromatic heterocycles. The van der Waals surface area contributed by atoms with Gasteiger partial charge in [-0.05, 0) is 0 Å². The summed E-state index contributed by atoms with van der Waals surface area (Å²) < 4.78 is 0. The van der Waals surface area contributed by atoms with E-state index in [0.717, 1.165) is 12.8 Å². The van der Waals surface area contributed by atoms with E-state index in [-0.39, 0.29) is 58.4 Å². The summed E-state index contributed by atoms with van der Waals surface area (Å²) in [5, 5.41) is 0. The second-order valence-corrected chi connectivity index (χ2v) is 9.26. The molecule has 0 nitrogen and oxygen atoms in total. The Hall–Kier alpha value is 0.917. The van der Waals surface area contributed by atoms with Crippen molar-refractivity contribution in [1.29, 1.82) is 0 Å². The molecule has 4 heteroatoms. The zero-order valence-corrected chi connectivity index (χ0v) is 25.0. The third kappa shape index (κ3) is 2040. The molecule has 0 heterocycles. The molecule has 0 aromatic carbocycles. The minimum atomic E-state index is -0.861. The molecule has 0 unspecified atom stereocenters. The first kappa shape index (κ1) is 49.5. The van der Waals surface area contributed by atoms with Gasteiger partial charge < -0.3 is 20.4 Å². The molecular formula is C17H34SiZn3. The van der Waals surface area contributed by atoms with E-state index in [9.17, 15) is 0 Å². The first-order valence-electron chi connectivity index (χ1n) is 5.80. The number of allylic oxidation sites excluding steroid dienone is 3. The van der Waals surface area contributed by atoms with E-state index in [1.165, 1.54) is 18.2 Å². The summed E-state index contributed by atoms with van der Waals surface area (Å²) in [6.45, 7) is 37.1. The van der Waals surface area contributed by atoms with Crippen molar-refractivity contribution in [2.24, 2.45) is 0 Å². The number of rotatable bonds is 1. The average molecular weight is 463 g/mol. The van der Waals surface area contributed by atoms with Gasteiger partial charge in [0, 0.05) is 0 Å². The molecule has 112 valence electrons. The predicted molar refractivity (Wildman–Crippen MR) is 95.3 cm³/mol. The van der Waals surface area contributed by atoms with Gasteiger partial charge >= 0.3 is 58.4 Å². The molecule has 0 rings (SSSR count). The summed E-state index contributed by atoms with van der Waals surface area (Å²) in [7, 11) is -0.861. The average Bonchev–Trinajstić information content (AvgIpc) is 2.18. The fourth-order valence-electron chi connectivity index (χ4n) is 0. The molecule has 0 saturated carbocycles. The van der Waals surface area contributed by atoms with Crippen molar-refractivity contribution in [1.82, 2.24) is 0 Å². The van der Waals surface area contributed by atoms with Crippen molar-refractivity contribution >= 4 is 8.07 Å². The van der Waals surface area contributed by atoms with Gasteiger partial charge in [0.05, 0.1) is 0 Å². The van der Waals surface area contributed by atoms with Crippen LogP contribution in [0.25, 0.3) is 0 Å². The SMILES string of the molecule is C=C[CH2-].C=C[CH2-].C=C[CH2-].[CH2-]CC[CH2-].[CH2-][Si](C)(C)C.[Zn+2].[Zn+2].[Zn+2]. The molecule has 0 aromatic rings. The Bertz CT molecular complexity index is 119. The van der Waals surface area contributed by atoms with Crippen LogP contribution in [0.5, 0.6) is 0 Å². The van der Waals surface area contributed by atoms with E-state index in [2.05, 4.69) is 80.5 Å². The van der Waals surface area contributed by atoms with E-state index in [0.29, 0.717) is 0 Å². The van der Waals surface area contributed by atoms with Crippen LogP contribution in [0, 0.1) is 41.2 Å². The van der Waals surface area contributed by atoms with Crippen LogP contribution in [0.1, 0.15) is 12.8 Å². The normalized spacial score (nSPS) is 6.00. The Balaban J connectivity index is -0.0000000165. The Morgan fingerprint density at radius 2 is 0.762 bits per heavy atom. The maximum Gasteiger partial charge on any atom is 2.00 e. The van der Waals surface area contributed by atoms with Gasteiger partial charge in [-0.3, -0.25) is 0 Å². The molecule has 0 aliphatic rings. The molecule has 0 atom stereocenters. The molecule has 0 N–H and O–H groups in total. The summed E-state index contributed by atoms with van der Waals surface area (Å²) >= 11 is 0. The Kier molecular flexibility index (Phi) is 138. The smallest absolute Gasteiger partial charge is 0.346 e. The van der Waals surface area contributed by atoms with Crippen molar-refractivity contribution in [2.75, 3.05) is 0 Å². The van der Waals surface area contributed by atoms with E-state index in [4.69, 9.17) is 0 Å². The topological polar surface area (TPSA) is 0 Å². The van der Waals surface area contributed by atoms with E-state index < -0.39 is 8.07 Å². The van der Waals surface area contributed by atoms with E-state index >= 15 is 0 Å². The third-order valence-electron chi connectivity index (χ3n) is 0.250. The summed E-state index contributed by atoms with van der Waals surface area (Å²) in [4.78, 5) is 0. The van der Waals surface area contributed by atoms with Crippen LogP contribution in [0.15, 0.2) is 38.0 Å². The first-order valence-corrected chi connectivity index (χ1v) is 9.51. The fraction of sp³-hybridized carbons (Fsp3) is 0.294. The van der Waals surface area contributed by atoms with Gasteiger partial charge in [-0.25, -0.2) is 71.6 Å². The van der Waals surface area contributed by atoms with Gasteiger partial charge in [0.25, 0.3) is 0 Å². The van der Waals surface area contributed by atoms with Crippen LogP contribution in [-0.2, 0) is 58.4 Å². The standard InChI is InChI=1S/C4H11Si.C4H8.3C3H5.3Zn/c1-5(2,3)4;1-3-4-2;3*1-3-2;;;/h1H2,2-4H3;1-4H2;3*3H,1-2H2;;;/q-1;-2;3*-1;3*+2. The Labute approximate surface area is 177 Å². The van der Waals surface area contributed by atoms with Crippen molar-refractivity contribution in [3.8, 4) is 0 Å². The molecule has 0 radical (unpaired) electrons. The largest absolute Gasteiger partial charge is 2.00 e. The van der Waals surface area contributed by atoms with Crippen LogP contribution < -0.4 is 0 Å². The molecule has 0 aliphatic heterocycles. The third-order valence-corrected chi connectivity index (χ3v) is 0.250. The summed E-state index contributed by atoms with van der Waals surface area (Å²) in [5.74, 6) is 0. The van der Waals surface area contributed by atoms with Gasteiger partial charge in [0.1, 0.15) is 0 Å². The molecule has 0 saturated heterocycles. The molecule has 21 heavy (non-hydrogen) atoms. The van der Waals surface area contributed by atoms with Gasteiger partial charge in [-0.1, -0.05) is 19.6 Å². The van der Waals surface area contributed by atoms with Crippen LogP contribution >= 0.6 is 0 Å². The summed E-state index contributed by atoms with van der Waals surface area (Å²) in [6.07, 6.45) is 6.42. The Morgan fingerprint density at radius 3 is 0.762 bits per heavy atom. The quantitative estimate of drug-likeness (QED) is 0.324. The van der Waals surface area contributed by atoms with Gasteiger partial charge in [-0.15, -0.1) is 8.07 Å². The van der Waals surface area contributed by atoms with Crippen molar-refractivity contribution in [3.63, 3.8) is 0 Å². The van der Waals surface area contributed by atoms with Crippen LogP contribution in [0.2, 0.25) is 19.6 Å².